The van der Waals surface area contributed by atoms with Crippen LogP contribution in [0.25, 0.3) is 0 Å². The van der Waals surface area contributed by atoms with Crippen LogP contribution in [0.2, 0.25) is 0 Å². The highest BCUT2D eigenvalue weighted by molar-refractivity contribution is 8.00. The van der Waals surface area contributed by atoms with Crippen molar-refractivity contribution in [1.82, 2.24) is 10.2 Å². The van der Waals surface area contributed by atoms with Crippen molar-refractivity contribution in [2.45, 2.75) is 17.2 Å². The van der Waals surface area contributed by atoms with Crippen LogP contribution in [-0.4, -0.2) is 16.0 Å². The first-order chi connectivity index (χ1) is 7.45. The van der Waals surface area contributed by atoms with Gasteiger partial charge in [0.1, 0.15) is 5.51 Å². The lowest BCUT2D eigenvalue weighted by Crippen LogP contribution is -1.87. The molecule has 0 unspecified atom stereocenters. The maximum atomic E-state index is 3.99. The maximum Gasteiger partial charge on any atom is 0.174 e. The van der Waals surface area contributed by atoms with Crippen molar-refractivity contribution in [3.63, 3.8) is 0 Å². The molecule has 4 heteroatoms. The Labute approximate surface area is 97.8 Å². The SMILES string of the molecule is c1ccc(CCCSc2nncs2)cc1. The van der Waals surface area contributed by atoms with Crippen LogP contribution in [-0.2, 0) is 6.42 Å². The quantitative estimate of drug-likeness (QED) is 0.588. The van der Waals surface area contributed by atoms with Crippen LogP contribution in [0.4, 0.5) is 0 Å². The molecule has 0 saturated heterocycles. The van der Waals surface area contributed by atoms with Crippen molar-refractivity contribution >= 4 is 23.1 Å². The van der Waals surface area contributed by atoms with E-state index in [2.05, 4.69) is 40.5 Å². The fourth-order valence-electron chi connectivity index (χ4n) is 1.31. The number of hydrogen-bond acceptors (Lipinski definition) is 4. The first-order valence-electron chi connectivity index (χ1n) is 4.88. The second-order valence-electron chi connectivity index (χ2n) is 3.14. The summed E-state index contributed by atoms with van der Waals surface area (Å²) in [7, 11) is 0. The molecule has 2 rings (SSSR count). The van der Waals surface area contributed by atoms with Gasteiger partial charge in [-0.1, -0.05) is 53.4 Å². The lowest BCUT2D eigenvalue weighted by atomic mass is 10.1. The summed E-state index contributed by atoms with van der Waals surface area (Å²) in [6.45, 7) is 0. The Balaban J connectivity index is 1.68. The predicted octanol–water partition coefficient (Wildman–Crippen LogP) is 3.26. The number of thioether (sulfide) groups is 1. The van der Waals surface area contributed by atoms with E-state index < -0.39 is 0 Å². The first kappa shape index (κ1) is 10.6. The van der Waals surface area contributed by atoms with E-state index >= 15 is 0 Å². The molecule has 0 saturated carbocycles. The molecule has 0 atom stereocenters. The molecule has 0 N–H and O–H groups in total. The van der Waals surface area contributed by atoms with E-state index in [1.165, 1.54) is 12.0 Å². The van der Waals surface area contributed by atoms with Gasteiger partial charge in [-0.25, -0.2) is 0 Å². The predicted molar refractivity (Wildman–Crippen MR) is 65.4 cm³/mol. The number of nitrogens with zero attached hydrogens (tertiary/aromatic N) is 2. The number of hydrogen-bond donors (Lipinski definition) is 0. The van der Waals surface area contributed by atoms with E-state index in [1.54, 1.807) is 28.6 Å². The van der Waals surface area contributed by atoms with E-state index in [4.69, 9.17) is 0 Å². The van der Waals surface area contributed by atoms with Crippen LogP contribution < -0.4 is 0 Å². The monoisotopic (exact) mass is 236 g/mol. The Kier molecular flexibility index (Phi) is 4.17. The lowest BCUT2D eigenvalue weighted by Gasteiger charge is -1.99. The summed E-state index contributed by atoms with van der Waals surface area (Å²) < 4.78 is 1.07. The largest absolute Gasteiger partial charge is 0.174 e. The number of aryl methyl sites for hydroxylation is 1. The molecule has 0 radical (unpaired) electrons. The molecule has 1 heterocycles. The molecular weight excluding hydrogens is 224 g/mol. The number of aromatic nitrogens is 2. The topological polar surface area (TPSA) is 25.8 Å². The summed E-state index contributed by atoms with van der Waals surface area (Å²) in [5.41, 5.74) is 3.19. The van der Waals surface area contributed by atoms with Crippen molar-refractivity contribution < 1.29 is 0 Å². The molecule has 0 aliphatic heterocycles. The molecule has 0 aliphatic carbocycles. The van der Waals surface area contributed by atoms with Gasteiger partial charge in [0, 0.05) is 5.75 Å². The van der Waals surface area contributed by atoms with Crippen LogP contribution in [0.15, 0.2) is 40.2 Å². The zero-order valence-electron chi connectivity index (χ0n) is 8.30. The third-order valence-corrected chi connectivity index (χ3v) is 3.96. The summed E-state index contributed by atoms with van der Waals surface area (Å²) >= 11 is 3.40. The van der Waals surface area contributed by atoms with Crippen LogP contribution in [0.1, 0.15) is 12.0 Å². The van der Waals surface area contributed by atoms with Crippen molar-refractivity contribution in [1.29, 1.82) is 0 Å². The van der Waals surface area contributed by atoms with Gasteiger partial charge in [0.2, 0.25) is 0 Å². The average Bonchev–Trinajstić information content (AvgIpc) is 2.79. The molecule has 15 heavy (non-hydrogen) atoms. The van der Waals surface area contributed by atoms with Gasteiger partial charge in [0.05, 0.1) is 0 Å². The van der Waals surface area contributed by atoms with Gasteiger partial charge in [0.25, 0.3) is 0 Å². The smallest absolute Gasteiger partial charge is 0.146 e. The van der Waals surface area contributed by atoms with Crippen molar-refractivity contribution in [3.8, 4) is 0 Å². The van der Waals surface area contributed by atoms with E-state index in [9.17, 15) is 0 Å². The minimum atomic E-state index is 1.07. The van der Waals surface area contributed by atoms with Crippen LogP contribution in [0.3, 0.4) is 0 Å². The minimum Gasteiger partial charge on any atom is -0.146 e. The Hall–Kier alpha value is -0.870. The first-order valence-corrected chi connectivity index (χ1v) is 6.74. The molecule has 2 nitrogen and oxygen atoms in total. The van der Waals surface area contributed by atoms with Crippen molar-refractivity contribution in [3.05, 3.63) is 41.4 Å². The highest BCUT2D eigenvalue weighted by atomic mass is 32.2. The van der Waals surface area contributed by atoms with Gasteiger partial charge < -0.3 is 0 Å². The third kappa shape index (κ3) is 3.64. The standard InChI is InChI=1S/C11H12N2S2/c1-2-5-10(6-3-1)7-4-8-14-11-13-12-9-15-11/h1-3,5-6,9H,4,7-8H2. The van der Waals surface area contributed by atoms with E-state index in [-0.39, 0.29) is 0 Å². The van der Waals surface area contributed by atoms with Crippen LogP contribution in [0.5, 0.6) is 0 Å². The zero-order chi connectivity index (χ0) is 10.3. The van der Waals surface area contributed by atoms with E-state index in [0.717, 1.165) is 16.5 Å². The average molecular weight is 236 g/mol. The van der Waals surface area contributed by atoms with Gasteiger partial charge in [-0.15, -0.1) is 10.2 Å². The lowest BCUT2D eigenvalue weighted by molar-refractivity contribution is 0.929. The fraction of sp³-hybridized carbons (Fsp3) is 0.273. The Morgan fingerprint density at radius 2 is 2.07 bits per heavy atom. The summed E-state index contributed by atoms with van der Waals surface area (Å²) in [6.07, 6.45) is 2.33. The molecule has 0 spiro atoms. The van der Waals surface area contributed by atoms with E-state index in [0.29, 0.717) is 0 Å². The van der Waals surface area contributed by atoms with Gasteiger partial charge in [-0.2, -0.15) is 0 Å². The molecule has 0 aliphatic rings. The molecular formula is C11H12N2S2. The Morgan fingerprint density at radius 1 is 1.20 bits per heavy atom. The molecule has 0 amide bonds. The summed E-state index contributed by atoms with van der Waals surface area (Å²) in [5.74, 6) is 1.12. The summed E-state index contributed by atoms with van der Waals surface area (Å²) in [4.78, 5) is 0. The van der Waals surface area contributed by atoms with Crippen molar-refractivity contribution in [2.24, 2.45) is 0 Å². The second kappa shape index (κ2) is 5.88. The molecule has 1 aromatic heterocycles. The number of benzene rings is 1. The molecule has 78 valence electrons. The highest BCUT2D eigenvalue weighted by Gasteiger charge is 1.97. The molecule has 0 fully saturated rings. The normalized spacial score (nSPS) is 10.4. The van der Waals surface area contributed by atoms with E-state index in [1.807, 2.05) is 0 Å². The van der Waals surface area contributed by atoms with Crippen LogP contribution >= 0.6 is 23.1 Å². The molecule has 1 aromatic carbocycles. The zero-order valence-corrected chi connectivity index (χ0v) is 9.93. The fourth-order valence-corrected chi connectivity index (χ4v) is 2.80. The van der Waals surface area contributed by atoms with Gasteiger partial charge in [-0.05, 0) is 18.4 Å². The van der Waals surface area contributed by atoms with Gasteiger partial charge >= 0.3 is 0 Å². The number of rotatable bonds is 5. The Morgan fingerprint density at radius 3 is 2.80 bits per heavy atom. The highest BCUT2D eigenvalue weighted by Crippen LogP contribution is 2.20. The van der Waals surface area contributed by atoms with Crippen LogP contribution in [0, 0.1) is 0 Å². The molecule has 2 aromatic rings. The summed E-state index contributed by atoms with van der Waals surface area (Å²) in [6, 6.07) is 10.6. The van der Waals surface area contributed by atoms with Gasteiger partial charge in [-0.3, -0.25) is 0 Å². The molecule has 0 bridgehead atoms. The summed E-state index contributed by atoms with van der Waals surface area (Å²) in [5, 5.41) is 7.80. The third-order valence-electron chi connectivity index (χ3n) is 2.02. The maximum absolute atomic E-state index is 3.99. The van der Waals surface area contributed by atoms with Crippen molar-refractivity contribution in [2.75, 3.05) is 5.75 Å². The minimum absolute atomic E-state index is 1.07. The Bertz CT molecular complexity index is 373. The van der Waals surface area contributed by atoms with Gasteiger partial charge in [0.15, 0.2) is 4.34 Å². The second-order valence-corrected chi connectivity index (χ2v) is 5.32.